The predicted molar refractivity (Wildman–Crippen MR) is 40.6 cm³/mol. The van der Waals surface area contributed by atoms with Crippen molar-refractivity contribution < 1.29 is 5.11 Å². The molecule has 10 heavy (non-hydrogen) atoms. The zero-order valence-corrected chi connectivity index (χ0v) is 6.80. The van der Waals surface area contributed by atoms with Crippen molar-refractivity contribution in [2.24, 2.45) is 17.3 Å². The maximum atomic E-state index is 9.55. The Hall–Kier alpha value is -0.0400. The Bertz CT molecular complexity index is 151. The van der Waals surface area contributed by atoms with E-state index in [4.69, 9.17) is 0 Å². The van der Waals surface area contributed by atoms with Gasteiger partial charge in [-0.15, -0.1) is 0 Å². The van der Waals surface area contributed by atoms with Crippen molar-refractivity contribution in [1.29, 1.82) is 0 Å². The molecule has 2 aliphatic rings. The third kappa shape index (κ3) is 0.619. The maximum Gasteiger partial charge on any atom is 0.0576 e. The van der Waals surface area contributed by atoms with Crippen molar-refractivity contribution in [3.8, 4) is 0 Å². The Morgan fingerprint density at radius 1 is 1.30 bits per heavy atom. The van der Waals surface area contributed by atoms with E-state index >= 15 is 0 Å². The molecule has 2 fully saturated rings. The van der Waals surface area contributed by atoms with Crippen LogP contribution in [0.25, 0.3) is 0 Å². The number of hydrogen-bond acceptors (Lipinski definition) is 1. The van der Waals surface area contributed by atoms with Gasteiger partial charge in [0.1, 0.15) is 0 Å². The number of rotatable bonds is 0. The highest BCUT2D eigenvalue weighted by molar-refractivity contribution is 5.02. The summed E-state index contributed by atoms with van der Waals surface area (Å²) in [5.74, 6) is 1.42. The van der Waals surface area contributed by atoms with Gasteiger partial charge in [0.2, 0.25) is 0 Å². The smallest absolute Gasteiger partial charge is 0.0576 e. The Labute approximate surface area is 62.4 Å². The van der Waals surface area contributed by atoms with Gasteiger partial charge in [-0.05, 0) is 36.5 Å². The van der Waals surface area contributed by atoms with Crippen LogP contribution in [0.5, 0.6) is 0 Å². The topological polar surface area (TPSA) is 20.2 Å². The van der Waals surface area contributed by atoms with E-state index in [1.54, 1.807) is 0 Å². The van der Waals surface area contributed by atoms with Crippen LogP contribution in [0.1, 0.15) is 33.1 Å². The van der Waals surface area contributed by atoms with E-state index in [1.165, 1.54) is 12.8 Å². The van der Waals surface area contributed by atoms with Crippen LogP contribution in [0, 0.1) is 17.3 Å². The summed E-state index contributed by atoms with van der Waals surface area (Å²) < 4.78 is 0. The molecular weight excluding hydrogens is 124 g/mol. The average molecular weight is 140 g/mol. The lowest BCUT2D eigenvalue weighted by molar-refractivity contribution is 0.0949. The molecular formula is C9H16O. The van der Waals surface area contributed by atoms with Gasteiger partial charge < -0.3 is 5.11 Å². The van der Waals surface area contributed by atoms with Crippen LogP contribution in [-0.4, -0.2) is 11.2 Å². The summed E-state index contributed by atoms with van der Waals surface area (Å²) in [5.41, 5.74) is 0.444. The normalized spacial score (nSPS) is 50.1. The molecule has 1 nitrogen and oxygen atoms in total. The van der Waals surface area contributed by atoms with Gasteiger partial charge >= 0.3 is 0 Å². The molecule has 2 saturated carbocycles. The fraction of sp³-hybridized carbons (Fsp3) is 1.00. The van der Waals surface area contributed by atoms with E-state index in [0.29, 0.717) is 11.3 Å². The molecule has 1 N–H and O–H groups in total. The van der Waals surface area contributed by atoms with E-state index in [-0.39, 0.29) is 6.10 Å². The first kappa shape index (κ1) is 6.66. The van der Waals surface area contributed by atoms with Crippen LogP contribution < -0.4 is 0 Å². The monoisotopic (exact) mass is 140 g/mol. The van der Waals surface area contributed by atoms with E-state index in [9.17, 15) is 5.11 Å². The zero-order valence-electron chi connectivity index (χ0n) is 6.80. The Morgan fingerprint density at radius 2 is 2.00 bits per heavy atom. The van der Waals surface area contributed by atoms with Gasteiger partial charge in [0.15, 0.2) is 0 Å². The number of hydrogen-bond donors (Lipinski definition) is 1. The minimum Gasteiger partial charge on any atom is -0.393 e. The van der Waals surface area contributed by atoms with Gasteiger partial charge in [-0.3, -0.25) is 0 Å². The summed E-state index contributed by atoms with van der Waals surface area (Å²) in [4.78, 5) is 0. The summed E-state index contributed by atoms with van der Waals surface area (Å²) in [6, 6.07) is 0. The standard InChI is InChI=1S/C9H16O/c1-9(2)6-3-4-7(9)8(10)5-6/h6-8,10H,3-5H2,1-2H3/t6-,7-,8-/m0/s1. The first-order valence-electron chi connectivity index (χ1n) is 4.30. The molecule has 0 aromatic carbocycles. The Kier molecular flexibility index (Phi) is 1.17. The Morgan fingerprint density at radius 3 is 2.20 bits per heavy atom. The fourth-order valence-electron chi connectivity index (χ4n) is 2.99. The van der Waals surface area contributed by atoms with Crippen molar-refractivity contribution in [2.45, 2.75) is 39.2 Å². The molecule has 3 atom stereocenters. The largest absolute Gasteiger partial charge is 0.393 e. The van der Waals surface area contributed by atoms with Gasteiger partial charge in [-0.2, -0.15) is 0 Å². The fourth-order valence-corrected chi connectivity index (χ4v) is 2.99. The number of fused-ring (bicyclic) bond motifs is 2. The van der Waals surface area contributed by atoms with Crippen LogP contribution in [-0.2, 0) is 0 Å². The third-order valence-corrected chi connectivity index (χ3v) is 3.82. The van der Waals surface area contributed by atoms with Crippen LogP contribution >= 0.6 is 0 Å². The van der Waals surface area contributed by atoms with E-state index < -0.39 is 0 Å². The van der Waals surface area contributed by atoms with E-state index in [1.807, 2.05) is 0 Å². The summed E-state index contributed by atoms with van der Waals surface area (Å²) in [5, 5.41) is 9.55. The SMILES string of the molecule is CC1(C)[C@H]2CC[C@H]1[C@@H](O)C2. The molecule has 0 radical (unpaired) electrons. The molecule has 2 aliphatic carbocycles. The molecule has 58 valence electrons. The average Bonchev–Trinajstić information content (AvgIpc) is 2.20. The third-order valence-electron chi connectivity index (χ3n) is 3.82. The molecule has 2 bridgehead atoms. The van der Waals surface area contributed by atoms with Gasteiger partial charge in [-0.1, -0.05) is 13.8 Å². The second-order valence-electron chi connectivity index (χ2n) is 4.51. The molecule has 0 amide bonds. The molecule has 0 spiro atoms. The quantitative estimate of drug-likeness (QED) is 0.544. The lowest BCUT2D eigenvalue weighted by atomic mass is 9.82. The van der Waals surface area contributed by atoms with E-state index in [2.05, 4.69) is 13.8 Å². The highest BCUT2D eigenvalue weighted by Gasteiger charge is 2.52. The van der Waals surface area contributed by atoms with Crippen molar-refractivity contribution in [3.05, 3.63) is 0 Å². The maximum absolute atomic E-state index is 9.55. The summed E-state index contributed by atoms with van der Waals surface area (Å²) in [7, 11) is 0. The van der Waals surface area contributed by atoms with Crippen LogP contribution in [0.2, 0.25) is 0 Å². The molecule has 0 unspecified atom stereocenters. The summed E-state index contributed by atoms with van der Waals surface area (Å²) in [6.45, 7) is 4.62. The highest BCUT2D eigenvalue weighted by Crippen LogP contribution is 2.57. The van der Waals surface area contributed by atoms with Crippen molar-refractivity contribution in [3.63, 3.8) is 0 Å². The number of aliphatic hydroxyl groups is 1. The van der Waals surface area contributed by atoms with E-state index in [0.717, 1.165) is 12.3 Å². The summed E-state index contributed by atoms with van der Waals surface area (Å²) in [6.07, 6.45) is 3.71. The molecule has 0 saturated heterocycles. The zero-order chi connectivity index (χ0) is 7.35. The second kappa shape index (κ2) is 1.76. The van der Waals surface area contributed by atoms with Crippen LogP contribution in [0.4, 0.5) is 0 Å². The summed E-state index contributed by atoms with van der Waals surface area (Å²) >= 11 is 0. The Balaban J connectivity index is 2.27. The van der Waals surface area contributed by atoms with Gasteiger partial charge in [0, 0.05) is 0 Å². The highest BCUT2D eigenvalue weighted by atomic mass is 16.3. The molecule has 0 aromatic rings. The predicted octanol–water partition coefficient (Wildman–Crippen LogP) is 1.80. The van der Waals surface area contributed by atoms with Gasteiger partial charge in [0.05, 0.1) is 6.10 Å². The van der Waals surface area contributed by atoms with Crippen LogP contribution in [0.3, 0.4) is 0 Å². The minimum absolute atomic E-state index is 0.0220. The minimum atomic E-state index is 0.0220. The van der Waals surface area contributed by atoms with Gasteiger partial charge in [-0.25, -0.2) is 0 Å². The first-order valence-corrected chi connectivity index (χ1v) is 4.30. The number of aliphatic hydroxyl groups excluding tert-OH is 1. The van der Waals surface area contributed by atoms with Gasteiger partial charge in [0.25, 0.3) is 0 Å². The molecule has 0 aliphatic heterocycles. The van der Waals surface area contributed by atoms with Crippen LogP contribution in [0.15, 0.2) is 0 Å². The lowest BCUT2D eigenvalue weighted by Gasteiger charge is -2.24. The molecule has 0 aromatic heterocycles. The van der Waals surface area contributed by atoms with Crippen molar-refractivity contribution in [2.75, 3.05) is 0 Å². The molecule has 1 heteroatoms. The van der Waals surface area contributed by atoms with Crippen molar-refractivity contribution in [1.82, 2.24) is 0 Å². The molecule has 0 heterocycles. The second-order valence-corrected chi connectivity index (χ2v) is 4.51. The first-order chi connectivity index (χ1) is 4.62. The van der Waals surface area contributed by atoms with Crippen molar-refractivity contribution >= 4 is 0 Å². The lowest BCUT2D eigenvalue weighted by Crippen LogP contribution is -2.22. The molecule has 2 rings (SSSR count).